The topological polar surface area (TPSA) is 47.3 Å². The fraction of sp³-hybridized carbons (Fsp3) is 1.00. The lowest BCUT2D eigenvalue weighted by atomic mass is 9.80. The Hall–Kier alpha value is -0.120. The van der Waals surface area contributed by atoms with E-state index in [4.69, 9.17) is 10.5 Å². The molecule has 0 unspecified atom stereocenters. The Morgan fingerprint density at radius 2 is 2.07 bits per heavy atom. The summed E-state index contributed by atoms with van der Waals surface area (Å²) in [7, 11) is 0. The van der Waals surface area contributed by atoms with Crippen molar-refractivity contribution in [2.24, 2.45) is 11.1 Å². The molecule has 1 aliphatic heterocycles. The maximum Gasteiger partial charge on any atom is 0.0472 e. The second kappa shape index (κ2) is 6.38. The minimum absolute atomic E-state index is 0.311. The predicted octanol–water partition coefficient (Wildman–Crippen LogP) is 1.13. The standard InChI is InChI=1S/C11H24N2O/c1-2-3-6-13-10-11(9-12)4-7-14-8-5-11/h13H,2-10,12H2,1H3. The van der Waals surface area contributed by atoms with Crippen LogP contribution in [0.5, 0.6) is 0 Å². The highest BCUT2D eigenvalue weighted by Crippen LogP contribution is 2.28. The molecule has 1 saturated heterocycles. The monoisotopic (exact) mass is 200 g/mol. The van der Waals surface area contributed by atoms with E-state index in [-0.39, 0.29) is 0 Å². The van der Waals surface area contributed by atoms with Crippen molar-refractivity contribution >= 4 is 0 Å². The first kappa shape index (κ1) is 12.0. The molecule has 3 nitrogen and oxygen atoms in total. The molecule has 1 heterocycles. The molecule has 0 atom stereocenters. The summed E-state index contributed by atoms with van der Waals surface area (Å²) in [5.41, 5.74) is 6.17. The lowest BCUT2D eigenvalue weighted by Gasteiger charge is -2.36. The maximum atomic E-state index is 5.86. The Morgan fingerprint density at radius 1 is 1.36 bits per heavy atom. The number of nitrogens with two attached hydrogens (primary N) is 1. The molecule has 84 valence electrons. The second-order valence-electron chi connectivity index (χ2n) is 4.35. The molecule has 14 heavy (non-hydrogen) atoms. The molecule has 0 aromatic rings. The van der Waals surface area contributed by atoms with Crippen LogP contribution < -0.4 is 11.1 Å². The average molecular weight is 200 g/mol. The largest absolute Gasteiger partial charge is 0.381 e. The first-order valence-corrected chi connectivity index (χ1v) is 5.81. The first-order valence-electron chi connectivity index (χ1n) is 5.81. The van der Waals surface area contributed by atoms with Crippen LogP contribution in [-0.2, 0) is 4.74 Å². The molecule has 3 N–H and O–H groups in total. The lowest BCUT2D eigenvalue weighted by molar-refractivity contribution is 0.0193. The number of nitrogens with one attached hydrogen (secondary N) is 1. The van der Waals surface area contributed by atoms with E-state index >= 15 is 0 Å². The van der Waals surface area contributed by atoms with E-state index in [1.807, 2.05) is 0 Å². The van der Waals surface area contributed by atoms with Crippen LogP contribution in [-0.4, -0.2) is 32.8 Å². The van der Waals surface area contributed by atoms with Crippen LogP contribution in [0.1, 0.15) is 32.6 Å². The van der Waals surface area contributed by atoms with Crippen LogP contribution in [0.3, 0.4) is 0 Å². The maximum absolute atomic E-state index is 5.86. The van der Waals surface area contributed by atoms with Gasteiger partial charge in [-0.2, -0.15) is 0 Å². The van der Waals surface area contributed by atoms with Gasteiger partial charge in [0.25, 0.3) is 0 Å². The van der Waals surface area contributed by atoms with Crippen molar-refractivity contribution in [2.75, 3.05) is 32.8 Å². The highest BCUT2D eigenvalue weighted by atomic mass is 16.5. The normalized spacial score (nSPS) is 21.0. The fourth-order valence-corrected chi connectivity index (χ4v) is 1.91. The minimum atomic E-state index is 0.311. The van der Waals surface area contributed by atoms with Crippen molar-refractivity contribution in [1.29, 1.82) is 0 Å². The lowest BCUT2D eigenvalue weighted by Crippen LogP contribution is -2.44. The molecule has 0 radical (unpaired) electrons. The zero-order valence-corrected chi connectivity index (χ0v) is 9.35. The molecule has 1 fully saturated rings. The molecule has 1 rings (SSSR count). The third-order valence-corrected chi connectivity index (χ3v) is 3.19. The van der Waals surface area contributed by atoms with Crippen LogP contribution in [0.25, 0.3) is 0 Å². The van der Waals surface area contributed by atoms with E-state index in [0.29, 0.717) is 5.41 Å². The number of hydrogen-bond donors (Lipinski definition) is 2. The minimum Gasteiger partial charge on any atom is -0.381 e. The van der Waals surface area contributed by atoms with Crippen molar-refractivity contribution in [3.05, 3.63) is 0 Å². The molecule has 0 spiro atoms. The van der Waals surface area contributed by atoms with E-state index < -0.39 is 0 Å². The summed E-state index contributed by atoms with van der Waals surface area (Å²) in [5.74, 6) is 0. The summed E-state index contributed by atoms with van der Waals surface area (Å²) in [4.78, 5) is 0. The predicted molar refractivity (Wildman–Crippen MR) is 59.3 cm³/mol. The number of unbranched alkanes of at least 4 members (excludes halogenated alkanes) is 1. The molecule has 0 aliphatic carbocycles. The summed E-state index contributed by atoms with van der Waals surface area (Å²) in [6.07, 6.45) is 4.74. The molecule has 0 aromatic carbocycles. The molecule has 0 amide bonds. The van der Waals surface area contributed by atoms with E-state index in [2.05, 4.69) is 12.2 Å². The Kier molecular flexibility index (Phi) is 5.45. The summed E-state index contributed by atoms with van der Waals surface area (Å²) >= 11 is 0. The van der Waals surface area contributed by atoms with E-state index in [0.717, 1.165) is 45.7 Å². The fourth-order valence-electron chi connectivity index (χ4n) is 1.91. The molecule has 0 saturated carbocycles. The van der Waals surface area contributed by atoms with Gasteiger partial charge in [-0.25, -0.2) is 0 Å². The zero-order chi connectivity index (χ0) is 10.3. The van der Waals surface area contributed by atoms with Crippen LogP contribution >= 0.6 is 0 Å². The zero-order valence-electron chi connectivity index (χ0n) is 9.35. The summed E-state index contributed by atoms with van der Waals surface area (Å²) in [5, 5.41) is 3.51. The second-order valence-corrected chi connectivity index (χ2v) is 4.35. The number of hydrogen-bond acceptors (Lipinski definition) is 3. The van der Waals surface area contributed by atoms with Gasteiger partial charge in [0.05, 0.1) is 0 Å². The Morgan fingerprint density at radius 3 is 2.64 bits per heavy atom. The third-order valence-electron chi connectivity index (χ3n) is 3.19. The molecule has 1 aliphatic rings. The van der Waals surface area contributed by atoms with Crippen LogP contribution in [0.4, 0.5) is 0 Å². The van der Waals surface area contributed by atoms with Gasteiger partial charge in [0.2, 0.25) is 0 Å². The summed E-state index contributed by atoms with van der Waals surface area (Å²) in [6.45, 7) is 6.95. The number of rotatable bonds is 6. The van der Waals surface area contributed by atoms with Crippen LogP contribution in [0.2, 0.25) is 0 Å². The van der Waals surface area contributed by atoms with Crippen molar-refractivity contribution in [3.63, 3.8) is 0 Å². The highest BCUT2D eigenvalue weighted by molar-refractivity contribution is 4.84. The molecule has 0 aromatic heterocycles. The van der Waals surface area contributed by atoms with E-state index in [9.17, 15) is 0 Å². The van der Waals surface area contributed by atoms with Gasteiger partial charge in [-0.05, 0) is 37.8 Å². The molecule has 3 heteroatoms. The quantitative estimate of drug-likeness (QED) is 0.632. The summed E-state index contributed by atoms with van der Waals surface area (Å²) in [6, 6.07) is 0. The average Bonchev–Trinajstić information content (AvgIpc) is 2.26. The Bertz CT molecular complexity index is 144. The van der Waals surface area contributed by atoms with Crippen molar-refractivity contribution in [1.82, 2.24) is 5.32 Å². The van der Waals surface area contributed by atoms with Crippen molar-refractivity contribution in [3.8, 4) is 0 Å². The van der Waals surface area contributed by atoms with Crippen LogP contribution in [0, 0.1) is 5.41 Å². The van der Waals surface area contributed by atoms with Gasteiger partial charge in [0.1, 0.15) is 0 Å². The SMILES string of the molecule is CCCCNCC1(CN)CCOCC1. The van der Waals surface area contributed by atoms with E-state index in [1.54, 1.807) is 0 Å². The van der Waals surface area contributed by atoms with Gasteiger partial charge >= 0.3 is 0 Å². The number of ether oxygens (including phenoxy) is 1. The Labute approximate surface area is 87.4 Å². The van der Waals surface area contributed by atoms with Gasteiger partial charge in [-0.1, -0.05) is 13.3 Å². The molecule has 0 bridgehead atoms. The van der Waals surface area contributed by atoms with Gasteiger partial charge in [-0.3, -0.25) is 0 Å². The Balaban J connectivity index is 2.22. The van der Waals surface area contributed by atoms with Crippen molar-refractivity contribution in [2.45, 2.75) is 32.6 Å². The van der Waals surface area contributed by atoms with Gasteiger partial charge < -0.3 is 15.8 Å². The smallest absolute Gasteiger partial charge is 0.0472 e. The third kappa shape index (κ3) is 3.56. The molecular formula is C11H24N2O. The van der Waals surface area contributed by atoms with E-state index in [1.165, 1.54) is 12.8 Å². The van der Waals surface area contributed by atoms with Crippen LogP contribution in [0.15, 0.2) is 0 Å². The summed E-state index contributed by atoms with van der Waals surface area (Å²) < 4.78 is 5.37. The van der Waals surface area contributed by atoms with Gasteiger partial charge in [0, 0.05) is 19.8 Å². The highest BCUT2D eigenvalue weighted by Gasteiger charge is 2.30. The first-order chi connectivity index (χ1) is 6.83. The molecular weight excluding hydrogens is 176 g/mol. The van der Waals surface area contributed by atoms with Gasteiger partial charge in [0.15, 0.2) is 0 Å². The van der Waals surface area contributed by atoms with Crippen molar-refractivity contribution < 1.29 is 4.74 Å². The van der Waals surface area contributed by atoms with Gasteiger partial charge in [-0.15, -0.1) is 0 Å².